The van der Waals surface area contributed by atoms with Crippen LogP contribution in [0.4, 0.5) is 0 Å². The third-order valence-corrected chi connectivity index (χ3v) is 3.86. The molecule has 0 aliphatic heterocycles. The molecule has 0 bridgehead atoms. The lowest BCUT2D eigenvalue weighted by molar-refractivity contribution is 0.321. The van der Waals surface area contributed by atoms with E-state index in [0.29, 0.717) is 6.61 Å². The van der Waals surface area contributed by atoms with Crippen molar-refractivity contribution >= 4 is 15.9 Å². The first-order valence-corrected chi connectivity index (χ1v) is 7.74. The largest absolute Gasteiger partial charge is 0.493 e. The molecule has 2 aromatic carbocycles. The van der Waals surface area contributed by atoms with Crippen LogP contribution in [0.15, 0.2) is 53.0 Å². The van der Waals surface area contributed by atoms with Crippen molar-refractivity contribution in [3.63, 3.8) is 0 Å². The maximum Gasteiger partial charge on any atom is 0.119 e. The molecule has 3 heteroatoms. The van der Waals surface area contributed by atoms with Crippen LogP contribution in [0.25, 0.3) is 0 Å². The average Bonchev–Trinajstić information content (AvgIpc) is 2.49. The van der Waals surface area contributed by atoms with Crippen molar-refractivity contribution in [2.24, 2.45) is 0 Å². The van der Waals surface area contributed by atoms with Crippen LogP contribution in [0.1, 0.15) is 18.1 Å². The predicted octanol–water partition coefficient (Wildman–Crippen LogP) is 4.18. The van der Waals surface area contributed by atoms with E-state index >= 15 is 0 Å². The van der Waals surface area contributed by atoms with Crippen molar-refractivity contribution in [2.75, 3.05) is 13.2 Å². The Kier molecular flexibility index (Phi) is 6.09. The molecule has 2 rings (SSSR count). The molecule has 20 heavy (non-hydrogen) atoms. The van der Waals surface area contributed by atoms with Gasteiger partial charge in [0.2, 0.25) is 0 Å². The van der Waals surface area contributed by atoms with Crippen molar-refractivity contribution in [1.29, 1.82) is 0 Å². The van der Waals surface area contributed by atoms with Crippen molar-refractivity contribution in [3.8, 4) is 5.75 Å². The van der Waals surface area contributed by atoms with Gasteiger partial charge < -0.3 is 10.1 Å². The van der Waals surface area contributed by atoms with Crippen LogP contribution >= 0.6 is 15.9 Å². The summed E-state index contributed by atoms with van der Waals surface area (Å²) in [5, 5.41) is 3.33. The highest BCUT2D eigenvalue weighted by Crippen LogP contribution is 2.22. The number of halogens is 1. The molecule has 0 aliphatic carbocycles. The van der Waals surface area contributed by atoms with E-state index in [1.165, 1.54) is 11.1 Å². The molecule has 0 saturated carbocycles. The molecule has 0 heterocycles. The van der Waals surface area contributed by atoms with E-state index in [1.54, 1.807) is 0 Å². The molecule has 0 radical (unpaired) electrons. The number of hydrogen-bond acceptors (Lipinski definition) is 2. The molecule has 0 spiro atoms. The lowest BCUT2D eigenvalue weighted by Crippen LogP contribution is -2.12. The van der Waals surface area contributed by atoms with E-state index in [1.807, 2.05) is 18.2 Å². The molecular formula is C17H20BrNO. The summed E-state index contributed by atoms with van der Waals surface area (Å²) < 4.78 is 6.96. The average molecular weight is 334 g/mol. The van der Waals surface area contributed by atoms with Gasteiger partial charge in [0, 0.05) is 17.4 Å². The van der Waals surface area contributed by atoms with Crippen LogP contribution in [-0.2, 0) is 13.0 Å². The van der Waals surface area contributed by atoms with Crippen LogP contribution in [0.2, 0.25) is 0 Å². The Balaban J connectivity index is 1.89. The highest BCUT2D eigenvalue weighted by Gasteiger charge is 2.02. The Bertz CT molecular complexity index is 528. The van der Waals surface area contributed by atoms with E-state index in [2.05, 4.69) is 58.5 Å². The van der Waals surface area contributed by atoms with Gasteiger partial charge in [-0.2, -0.15) is 0 Å². The quantitative estimate of drug-likeness (QED) is 0.820. The van der Waals surface area contributed by atoms with Gasteiger partial charge in [0.05, 0.1) is 6.61 Å². The molecule has 0 aromatic heterocycles. The van der Waals surface area contributed by atoms with Crippen molar-refractivity contribution in [1.82, 2.24) is 5.32 Å². The van der Waals surface area contributed by atoms with Gasteiger partial charge in [-0.3, -0.25) is 0 Å². The highest BCUT2D eigenvalue weighted by atomic mass is 79.9. The molecule has 0 amide bonds. The van der Waals surface area contributed by atoms with E-state index < -0.39 is 0 Å². The summed E-state index contributed by atoms with van der Waals surface area (Å²) in [5.41, 5.74) is 2.53. The first-order valence-electron chi connectivity index (χ1n) is 6.95. The molecule has 0 atom stereocenters. The molecule has 0 aliphatic rings. The fraction of sp³-hybridized carbons (Fsp3) is 0.294. The third-order valence-electron chi connectivity index (χ3n) is 3.08. The monoisotopic (exact) mass is 333 g/mol. The van der Waals surface area contributed by atoms with E-state index in [-0.39, 0.29) is 0 Å². The Hall–Kier alpha value is -1.32. The minimum atomic E-state index is 0.701. The Morgan fingerprint density at radius 1 is 1.10 bits per heavy atom. The summed E-state index contributed by atoms with van der Waals surface area (Å²) in [6.45, 7) is 4.62. The van der Waals surface area contributed by atoms with Crippen LogP contribution in [-0.4, -0.2) is 13.2 Å². The predicted molar refractivity (Wildman–Crippen MR) is 87.2 cm³/mol. The van der Waals surface area contributed by atoms with Gasteiger partial charge in [0.1, 0.15) is 5.75 Å². The van der Waals surface area contributed by atoms with Gasteiger partial charge in [-0.1, -0.05) is 53.2 Å². The number of ether oxygens (including phenoxy) is 1. The second-order valence-corrected chi connectivity index (χ2v) is 5.47. The van der Waals surface area contributed by atoms with Crippen molar-refractivity contribution < 1.29 is 4.74 Å². The second kappa shape index (κ2) is 8.08. The van der Waals surface area contributed by atoms with E-state index in [9.17, 15) is 0 Å². The normalized spacial score (nSPS) is 10.5. The maximum atomic E-state index is 5.84. The lowest BCUT2D eigenvalue weighted by Gasteiger charge is -2.10. The number of rotatable bonds is 7. The smallest absolute Gasteiger partial charge is 0.119 e. The molecule has 0 unspecified atom stereocenters. The zero-order chi connectivity index (χ0) is 14.2. The Labute approximate surface area is 129 Å². The van der Waals surface area contributed by atoms with Gasteiger partial charge in [0.15, 0.2) is 0 Å². The van der Waals surface area contributed by atoms with E-state index in [0.717, 1.165) is 29.7 Å². The molecule has 1 N–H and O–H groups in total. The maximum absolute atomic E-state index is 5.84. The highest BCUT2D eigenvalue weighted by molar-refractivity contribution is 9.10. The Morgan fingerprint density at radius 3 is 2.65 bits per heavy atom. The van der Waals surface area contributed by atoms with Crippen LogP contribution < -0.4 is 10.1 Å². The van der Waals surface area contributed by atoms with Crippen LogP contribution in [0.5, 0.6) is 5.75 Å². The van der Waals surface area contributed by atoms with Gasteiger partial charge in [0.25, 0.3) is 0 Å². The number of hydrogen-bond donors (Lipinski definition) is 1. The lowest BCUT2D eigenvalue weighted by atomic mass is 10.2. The summed E-state index contributed by atoms with van der Waals surface area (Å²) in [5.74, 6) is 0.928. The summed E-state index contributed by atoms with van der Waals surface area (Å²) in [6, 6.07) is 16.6. The fourth-order valence-corrected chi connectivity index (χ4v) is 2.35. The SMILES string of the molecule is CCNCc1cc(OCCc2ccccc2)ccc1Br. The fourth-order valence-electron chi connectivity index (χ4n) is 1.97. The summed E-state index contributed by atoms with van der Waals surface area (Å²) in [4.78, 5) is 0. The first kappa shape index (κ1) is 15.1. The molecular weight excluding hydrogens is 314 g/mol. The minimum Gasteiger partial charge on any atom is -0.493 e. The van der Waals surface area contributed by atoms with E-state index in [4.69, 9.17) is 4.74 Å². The van der Waals surface area contributed by atoms with Crippen LogP contribution in [0, 0.1) is 0 Å². The van der Waals surface area contributed by atoms with Crippen molar-refractivity contribution in [2.45, 2.75) is 19.9 Å². The summed E-state index contributed by atoms with van der Waals surface area (Å²) in [7, 11) is 0. The second-order valence-electron chi connectivity index (χ2n) is 4.62. The minimum absolute atomic E-state index is 0.701. The van der Waals surface area contributed by atoms with Crippen molar-refractivity contribution in [3.05, 3.63) is 64.1 Å². The first-order chi connectivity index (χ1) is 9.79. The summed E-state index contributed by atoms with van der Waals surface area (Å²) >= 11 is 3.57. The molecule has 2 aromatic rings. The topological polar surface area (TPSA) is 21.3 Å². The standard InChI is InChI=1S/C17H20BrNO/c1-2-19-13-15-12-16(8-9-17(15)18)20-11-10-14-6-4-3-5-7-14/h3-9,12,19H,2,10-11,13H2,1H3. The summed E-state index contributed by atoms with van der Waals surface area (Å²) in [6.07, 6.45) is 0.930. The van der Waals surface area contributed by atoms with Crippen LogP contribution in [0.3, 0.4) is 0 Å². The molecule has 106 valence electrons. The zero-order valence-electron chi connectivity index (χ0n) is 11.7. The molecule has 0 saturated heterocycles. The number of benzene rings is 2. The number of nitrogens with one attached hydrogen (secondary N) is 1. The van der Waals surface area contributed by atoms with Gasteiger partial charge in [-0.15, -0.1) is 0 Å². The molecule has 0 fully saturated rings. The molecule has 2 nitrogen and oxygen atoms in total. The Morgan fingerprint density at radius 2 is 1.90 bits per heavy atom. The zero-order valence-corrected chi connectivity index (χ0v) is 13.3. The van der Waals surface area contributed by atoms with Gasteiger partial charge in [-0.25, -0.2) is 0 Å². The van der Waals surface area contributed by atoms with Gasteiger partial charge >= 0.3 is 0 Å². The van der Waals surface area contributed by atoms with Gasteiger partial charge in [-0.05, 0) is 35.9 Å². The third kappa shape index (κ3) is 4.66.